The summed E-state index contributed by atoms with van der Waals surface area (Å²) in [6.07, 6.45) is 0.200. The molecule has 29 heavy (non-hydrogen) atoms. The number of hydrogen-bond donors (Lipinski definition) is 2. The number of hydrogen-bond acceptors (Lipinski definition) is 5. The molecule has 150 valence electrons. The predicted octanol–water partition coefficient (Wildman–Crippen LogP) is 1.39. The highest BCUT2D eigenvalue weighted by atomic mass is 19.3. The molecule has 2 amide bonds. The molecule has 9 heteroatoms. The standard InChI is InChI=1S/C20H17F2N3O4/c1-25-8-7-20(28,18(25)27)6-5-12-3-2-4-13(9-12)15-10-14(29-19(21)22)11-16(24-15)17(23)26/h2-4,9-11,19,28H,7-8H2,1H3,(H2,23,26)/t20-/m0/s1. The van der Waals surface area contributed by atoms with Crippen molar-refractivity contribution in [3.63, 3.8) is 0 Å². The van der Waals surface area contributed by atoms with E-state index in [1.807, 2.05) is 0 Å². The van der Waals surface area contributed by atoms with Gasteiger partial charge < -0.3 is 20.5 Å². The molecular formula is C20H17F2N3O4. The summed E-state index contributed by atoms with van der Waals surface area (Å²) in [7, 11) is 1.58. The fourth-order valence-electron chi connectivity index (χ4n) is 2.85. The van der Waals surface area contributed by atoms with Crippen molar-refractivity contribution in [3.05, 3.63) is 47.7 Å². The molecule has 2 aromatic rings. The molecule has 1 aliphatic rings. The van der Waals surface area contributed by atoms with Gasteiger partial charge in [0.2, 0.25) is 5.60 Å². The minimum Gasteiger partial charge on any atom is -0.435 e. The lowest BCUT2D eigenvalue weighted by atomic mass is 10.0. The van der Waals surface area contributed by atoms with Gasteiger partial charge in [-0.05, 0) is 12.1 Å². The van der Waals surface area contributed by atoms with E-state index in [0.29, 0.717) is 17.7 Å². The topological polar surface area (TPSA) is 106 Å². The SMILES string of the molecule is CN1CC[C@@](O)(C#Cc2cccc(-c3cc(OC(F)F)cc(C(N)=O)n3)c2)C1=O. The van der Waals surface area contributed by atoms with Crippen LogP contribution in [0.15, 0.2) is 36.4 Å². The van der Waals surface area contributed by atoms with Crippen LogP contribution in [0.5, 0.6) is 5.75 Å². The van der Waals surface area contributed by atoms with Crippen molar-refractivity contribution in [2.45, 2.75) is 18.6 Å². The van der Waals surface area contributed by atoms with Crippen molar-refractivity contribution in [3.8, 4) is 28.8 Å². The molecule has 3 rings (SSSR count). The first-order chi connectivity index (χ1) is 13.7. The number of benzene rings is 1. The van der Waals surface area contributed by atoms with Crippen LogP contribution in [0, 0.1) is 11.8 Å². The predicted molar refractivity (Wildman–Crippen MR) is 98.9 cm³/mol. The maximum absolute atomic E-state index is 12.6. The number of carbonyl (C=O) groups excluding carboxylic acids is 2. The molecule has 2 heterocycles. The molecule has 0 bridgehead atoms. The number of aromatic nitrogens is 1. The lowest BCUT2D eigenvalue weighted by molar-refractivity contribution is -0.137. The highest BCUT2D eigenvalue weighted by Gasteiger charge is 2.42. The fourth-order valence-corrected chi connectivity index (χ4v) is 2.85. The number of primary amides is 1. The number of likely N-dealkylation sites (N-methyl/N-ethyl adjacent to an activating group) is 1. The Labute approximate surface area is 165 Å². The second-order valence-corrected chi connectivity index (χ2v) is 6.48. The van der Waals surface area contributed by atoms with Crippen LogP contribution in [0.2, 0.25) is 0 Å². The average molecular weight is 401 g/mol. The van der Waals surface area contributed by atoms with Gasteiger partial charge in [0.05, 0.1) is 5.69 Å². The molecule has 1 fully saturated rings. The molecule has 1 aromatic carbocycles. The number of halogens is 2. The first kappa shape index (κ1) is 20.2. The summed E-state index contributed by atoms with van der Waals surface area (Å²) < 4.78 is 29.5. The number of ether oxygens (including phenoxy) is 1. The summed E-state index contributed by atoms with van der Waals surface area (Å²) in [6.45, 7) is -2.67. The van der Waals surface area contributed by atoms with Crippen LogP contribution >= 0.6 is 0 Å². The van der Waals surface area contributed by atoms with Crippen LogP contribution in [-0.4, -0.2) is 52.6 Å². The molecule has 3 N–H and O–H groups in total. The molecule has 1 saturated heterocycles. The number of likely N-dealkylation sites (tertiary alicyclic amines) is 1. The number of nitrogens with two attached hydrogens (primary N) is 1. The number of pyridine rings is 1. The van der Waals surface area contributed by atoms with Crippen molar-refractivity contribution in [1.82, 2.24) is 9.88 Å². The van der Waals surface area contributed by atoms with Crippen LogP contribution in [0.1, 0.15) is 22.5 Å². The summed E-state index contributed by atoms with van der Waals surface area (Å²) in [5.41, 5.74) is 4.34. The Hall–Kier alpha value is -3.51. The number of carbonyl (C=O) groups is 2. The largest absolute Gasteiger partial charge is 0.435 e. The van der Waals surface area contributed by atoms with E-state index in [1.54, 1.807) is 31.3 Å². The Morgan fingerprint density at radius 2 is 2.14 bits per heavy atom. The summed E-state index contributed by atoms with van der Waals surface area (Å²) in [5.74, 6) is 3.73. The molecule has 1 aromatic heterocycles. The van der Waals surface area contributed by atoms with Crippen LogP contribution in [0.4, 0.5) is 8.78 Å². The molecule has 0 unspecified atom stereocenters. The first-order valence-corrected chi connectivity index (χ1v) is 8.56. The van der Waals surface area contributed by atoms with Gasteiger partial charge in [-0.25, -0.2) is 4.98 Å². The molecule has 1 atom stereocenters. The Balaban J connectivity index is 1.96. The van der Waals surface area contributed by atoms with Crippen LogP contribution < -0.4 is 10.5 Å². The van der Waals surface area contributed by atoms with Crippen LogP contribution in [0.25, 0.3) is 11.3 Å². The number of amides is 2. The van der Waals surface area contributed by atoms with Gasteiger partial charge in [-0.15, -0.1) is 0 Å². The third-order valence-corrected chi connectivity index (χ3v) is 4.36. The third kappa shape index (κ3) is 4.50. The number of alkyl halides is 2. The summed E-state index contributed by atoms with van der Waals surface area (Å²) in [4.78, 5) is 28.9. The molecule has 1 aliphatic heterocycles. The minimum atomic E-state index is -3.08. The smallest absolute Gasteiger partial charge is 0.387 e. The third-order valence-electron chi connectivity index (χ3n) is 4.36. The van der Waals surface area contributed by atoms with Crippen molar-refractivity contribution in [1.29, 1.82) is 0 Å². The van der Waals surface area contributed by atoms with E-state index in [-0.39, 0.29) is 23.6 Å². The van der Waals surface area contributed by atoms with E-state index in [0.717, 1.165) is 6.07 Å². The zero-order chi connectivity index (χ0) is 21.2. The second-order valence-electron chi connectivity index (χ2n) is 6.48. The van der Waals surface area contributed by atoms with Crippen molar-refractivity contribution < 1.29 is 28.2 Å². The van der Waals surface area contributed by atoms with Gasteiger partial charge in [-0.3, -0.25) is 9.59 Å². The zero-order valence-corrected chi connectivity index (χ0v) is 15.4. The van der Waals surface area contributed by atoms with Gasteiger partial charge in [0.1, 0.15) is 11.4 Å². The van der Waals surface area contributed by atoms with E-state index in [2.05, 4.69) is 21.6 Å². The maximum Gasteiger partial charge on any atom is 0.387 e. The van der Waals surface area contributed by atoms with Crippen molar-refractivity contribution in [2.75, 3.05) is 13.6 Å². The van der Waals surface area contributed by atoms with Gasteiger partial charge in [0, 0.05) is 43.3 Å². The van der Waals surface area contributed by atoms with Gasteiger partial charge in [-0.2, -0.15) is 8.78 Å². The Kier molecular flexibility index (Phi) is 5.48. The van der Waals surface area contributed by atoms with Gasteiger partial charge in [0.15, 0.2) is 0 Å². The van der Waals surface area contributed by atoms with E-state index < -0.39 is 24.0 Å². The number of rotatable bonds is 4. The Morgan fingerprint density at radius 3 is 2.76 bits per heavy atom. The molecule has 0 saturated carbocycles. The molecule has 7 nitrogen and oxygen atoms in total. The number of nitrogens with zero attached hydrogens (tertiary/aromatic N) is 2. The lowest BCUT2D eigenvalue weighted by Gasteiger charge is -2.13. The van der Waals surface area contributed by atoms with Gasteiger partial charge >= 0.3 is 6.61 Å². The normalized spacial score (nSPS) is 18.5. The monoisotopic (exact) mass is 401 g/mol. The van der Waals surface area contributed by atoms with E-state index >= 15 is 0 Å². The second kappa shape index (κ2) is 7.85. The lowest BCUT2D eigenvalue weighted by Crippen LogP contribution is -2.37. The summed E-state index contributed by atoms with van der Waals surface area (Å²) in [5, 5.41) is 10.4. The summed E-state index contributed by atoms with van der Waals surface area (Å²) in [6, 6.07) is 8.77. The van der Waals surface area contributed by atoms with Crippen molar-refractivity contribution in [2.24, 2.45) is 5.73 Å². The Bertz CT molecular complexity index is 1030. The number of aliphatic hydroxyl groups is 1. The minimum absolute atomic E-state index is 0.177. The summed E-state index contributed by atoms with van der Waals surface area (Å²) >= 11 is 0. The molecular weight excluding hydrogens is 384 g/mol. The highest BCUT2D eigenvalue weighted by Crippen LogP contribution is 2.26. The quantitative estimate of drug-likeness (QED) is 0.754. The molecule has 0 radical (unpaired) electrons. The van der Waals surface area contributed by atoms with E-state index in [1.165, 1.54) is 11.0 Å². The van der Waals surface area contributed by atoms with E-state index in [9.17, 15) is 23.5 Å². The van der Waals surface area contributed by atoms with Gasteiger partial charge in [-0.1, -0.05) is 24.0 Å². The highest BCUT2D eigenvalue weighted by molar-refractivity contribution is 5.92. The first-order valence-electron chi connectivity index (χ1n) is 8.56. The van der Waals surface area contributed by atoms with Crippen molar-refractivity contribution >= 4 is 11.8 Å². The fraction of sp³-hybridized carbons (Fsp3) is 0.250. The molecule has 0 spiro atoms. The van der Waals surface area contributed by atoms with Gasteiger partial charge in [0.25, 0.3) is 11.8 Å². The molecule has 0 aliphatic carbocycles. The van der Waals surface area contributed by atoms with Crippen LogP contribution in [-0.2, 0) is 4.79 Å². The Morgan fingerprint density at radius 1 is 1.38 bits per heavy atom. The maximum atomic E-state index is 12.6. The van der Waals surface area contributed by atoms with Crippen LogP contribution in [0.3, 0.4) is 0 Å². The van der Waals surface area contributed by atoms with E-state index in [4.69, 9.17) is 5.73 Å². The average Bonchev–Trinajstić information content (AvgIpc) is 2.94. The zero-order valence-electron chi connectivity index (χ0n) is 15.4.